The van der Waals surface area contributed by atoms with Crippen molar-refractivity contribution in [3.63, 3.8) is 0 Å². The standard InChI is InChI=1S/C7H11O2S/c1-4-7(2,3)9-6(8)5-10/h4H,1,5H2,2-3H3. The van der Waals surface area contributed by atoms with Crippen LogP contribution in [0.2, 0.25) is 0 Å². The van der Waals surface area contributed by atoms with E-state index >= 15 is 0 Å². The maximum Gasteiger partial charge on any atom is 0.317 e. The maximum absolute atomic E-state index is 10.6. The lowest BCUT2D eigenvalue weighted by atomic mass is 10.1. The molecule has 0 aromatic heterocycles. The van der Waals surface area contributed by atoms with E-state index in [2.05, 4.69) is 19.2 Å². The minimum atomic E-state index is -0.587. The normalized spacial score (nSPS) is 10.7. The Labute approximate surface area is 66.7 Å². The van der Waals surface area contributed by atoms with E-state index in [1.807, 2.05) is 0 Å². The van der Waals surface area contributed by atoms with Crippen molar-refractivity contribution < 1.29 is 9.53 Å². The molecule has 0 unspecified atom stereocenters. The molecule has 0 bridgehead atoms. The molecule has 0 aliphatic heterocycles. The monoisotopic (exact) mass is 159 g/mol. The van der Waals surface area contributed by atoms with Gasteiger partial charge >= 0.3 is 5.97 Å². The summed E-state index contributed by atoms with van der Waals surface area (Å²) in [6.07, 6.45) is 1.57. The summed E-state index contributed by atoms with van der Waals surface area (Å²) in [6.45, 7) is 7.01. The van der Waals surface area contributed by atoms with Gasteiger partial charge in [0.05, 0.1) is 0 Å². The summed E-state index contributed by atoms with van der Waals surface area (Å²) < 4.78 is 4.88. The zero-order valence-corrected chi connectivity index (χ0v) is 7.03. The predicted molar refractivity (Wildman–Crippen MR) is 42.8 cm³/mol. The van der Waals surface area contributed by atoms with E-state index in [4.69, 9.17) is 4.74 Å². The second-order valence-electron chi connectivity index (χ2n) is 2.43. The number of ether oxygens (including phenoxy) is 1. The Kier molecular flexibility index (Phi) is 3.50. The topological polar surface area (TPSA) is 26.3 Å². The summed E-state index contributed by atoms with van der Waals surface area (Å²) in [6, 6.07) is 0. The van der Waals surface area contributed by atoms with E-state index < -0.39 is 5.60 Å². The van der Waals surface area contributed by atoms with Gasteiger partial charge in [0.15, 0.2) is 0 Å². The van der Waals surface area contributed by atoms with Gasteiger partial charge in [-0.05, 0) is 19.9 Å². The van der Waals surface area contributed by atoms with Gasteiger partial charge < -0.3 is 4.74 Å². The molecule has 0 saturated heterocycles. The van der Waals surface area contributed by atoms with Crippen LogP contribution in [0.25, 0.3) is 0 Å². The van der Waals surface area contributed by atoms with Crippen molar-refractivity contribution in [3.8, 4) is 0 Å². The lowest BCUT2D eigenvalue weighted by Crippen LogP contribution is -2.25. The highest BCUT2D eigenvalue weighted by atomic mass is 32.1. The van der Waals surface area contributed by atoms with E-state index in [9.17, 15) is 4.79 Å². The number of carbonyl (C=O) groups excluding carboxylic acids is 1. The van der Waals surface area contributed by atoms with E-state index in [0.29, 0.717) is 0 Å². The fraction of sp³-hybridized carbons (Fsp3) is 0.571. The van der Waals surface area contributed by atoms with Crippen LogP contribution in [0, 0.1) is 0 Å². The summed E-state index contributed by atoms with van der Waals surface area (Å²) in [4.78, 5) is 10.6. The highest BCUT2D eigenvalue weighted by Gasteiger charge is 2.16. The first-order valence-corrected chi connectivity index (χ1v) is 3.53. The molecular weight excluding hydrogens is 148 g/mol. The Hall–Kier alpha value is -0.440. The number of hydrogen-bond donors (Lipinski definition) is 0. The first-order valence-electron chi connectivity index (χ1n) is 2.95. The number of rotatable bonds is 3. The van der Waals surface area contributed by atoms with Crippen molar-refractivity contribution in [2.75, 3.05) is 5.75 Å². The number of esters is 1. The molecule has 0 amide bonds. The number of hydrogen-bond acceptors (Lipinski definition) is 2. The molecule has 0 atom stereocenters. The largest absolute Gasteiger partial charge is 0.455 e. The van der Waals surface area contributed by atoms with Gasteiger partial charge in [-0.15, -0.1) is 0 Å². The van der Waals surface area contributed by atoms with Crippen LogP contribution >= 0.6 is 12.6 Å². The van der Waals surface area contributed by atoms with Crippen LogP contribution in [0.5, 0.6) is 0 Å². The summed E-state index contributed by atoms with van der Waals surface area (Å²) in [5, 5.41) is 0. The molecule has 0 aliphatic carbocycles. The van der Waals surface area contributed by atoms with Crippen LogP contribution in [0.4, 0.5) is 0 Å². The fourth-order valence-corrected chi connectivity index (χ4v) is 0.423. The van der Waals surface area contributed by atoms with Gasteiger partial charge in [-0.3, -0.25) is 4.79 Å². The quantitative estimate of drug-likeness (QED) is 0.462. The van der Waals surface area contributed by atoms with Crippen molar-refractivity contribution in [1.29, 1.82) is 0 Å². The maximum atomic E-state index is 10.6. The van der Waals surface area contributed by atoms with E-state index in [1.54, 1.807) is 19.9 Å². The average molecular weight is 159 g/mol. The molecule has 0 saturated carbocycles. The zero-order valence-electron chi connectivity index (χ0n) is 6.22. The van der Waals surface area contributed by atoms with Crippen LogP contribution in [0.3, 0.4) is 0 Å². The first kappa shape index (κ1) is 9.56. The molecule has 2 nitrogen and oxygen atoms in total. The Morgan fingerprint density at radius 1 is 1.80 bits per heavy atom. The van der Waals surface area contributed by atoms with Gasteiger partial charge in [0.2, 0.25) is 0 Å². The summed E-state index contributed by atoms with van der Waals surface area (Å²) in [7, 11) is 0. The molecular formula is C7H11O2S. The molecule has 0 N–H and O–H groups in total. The van der Waals surface area contributed by atoms with E-state index in [-0.39, 0.29) is 11.7 Å². The molecule has 0 aliphatic rings. The minimum Gasteiger partial charge on any atom is -0.455 e. The fourth-order valence-electron chi connectivity index (χ4n) is 0.365. The highest BCUT2D eigenvalue weighted by Crippen LogP contribution is 2.09. The molecule has 0 aromatic carbocycles. The third-order valence-corrected chi connectivity index (χ3v) is 1.22. The van der Waals surface area contributed by atoms with Crippen LogP contribution in [-0.2, 0) is 9.53 Å². The van der Waals surface area contributed by atoms with E-state index in [0.717, 1.165) is 0 Å². The second-order valence-corrected chi connectivity index (χ2v) is 2.71. The second kappa shape index (κ2) is 3.66. The highest BCUT2D eigenvalue weighted by molar-refractivity contribution is 7.81. The Bertz CT molecular complexity index is 141. The van der Waals surface area contributed by atoms with Gasteiger partial charge in [-0.25, -0.2) is 0 Å². The molecule has 57 valence electrons. The molecule has 0 spiro atoms. The van der Waals surface area contributed by atoms with Crippen LogP contribution < -0.4 is 0 Å². The van der Waals surface area contributed by atoms with Crippen LogP contribution in [0.1, 0.15) is 13.8 Å². The van der Waals surface area contributed by atoms with Gasteiger partial charge in [0.1, 0.15) is 11.4 Å². The van der Waals surface area contributed by atoms with Crippen molar-refractivity contribution >= 4 is 18.6 Å². The van der Waals surface area contributed by atoms with Gasteiger partial charge in [0.25, 0.3) is 0 Å². The number of carbonyl (C=O) groups is 1. The molecule has 0 rings (SSSR count). The third-order valence-electron chi connectivity index (χ3n) is 0.986. The van der Waals surface area contributed by atoms with Gasteiger partial charge in [0, 0.05) is 0 Å². The predicted octanol–water partition coefficient (Wildman–Crippen LogP) is 1.69. The van der Waals surface area contributed by atoms with Gasteiger partial charge in [-0.2, -0.15) is 0 Å². The van der Waals surface area contributed by atoms with Crippen molar-refractivity contribution in [3.05, 3.63) is 12.7 Å². The summed E-state index contributed by atoms with van der Waals surface area (Å²) >= 11 is 4.48. The minimum absolute atomic E-state index is 0.00271. The smallest absolute Gasteiger partial charge is 0.317 e. The average Bonchev–Trinajstić information content (AvgIpc) is 1.87. The zero-order chi connectivity index (χ0) is 8.20. The summed E-state index contributed by atoms with van der Waals surface area (Å²) in [5.41, 5.74) is -0.587. The molecule has 1 radical (unpaired) electrons. The lowest BCUT2D eigenvalue weighted by molar-refractivity contribution is -0.149. The van der Waals surface area contributed by atoms with Gasteiger partial charge in [-0.1, -0.05) is 19.2 Å². The van der Waals surface area contributed by atoms with Crippen molar-refractivity contribution in [2.24, 2.45) is 0 Å². The Balaban J connectivity index is 3.88. The summed E-state index contributed by atoms with van der Waals surface area (Å²) in [5.74, 6) is -0.378. The first-order chi connectivity index (χ1) is 4.52. The molecule has 0 heterocycles. The molecule has 3 heteroatoms. The van der Waals surface area contributed by atoms with E-state index in [1.165, 1.54) is 0 Å². The third kappa shape index (κ3) is 3.56. The lowest BCUT2D eigenvalue weighted by Gasteiger charge is -2.19. The van der Waals surface area contributed by atoms with Crippen molar-refractivity contribution in [2.45, 2.75) is 19.4 Å². The SMILES string of the molecule is C=CC(C)(C)OC(=O)C[S]. The van der Waals surface area contributed by atoms with Crippen molar-refractivity contribution in [1.82, 2.24) is 0 Å². The molecule has 0 fully saturated rings. The molecule has 0 aromatic rings. The molecule has 10 heavy (non-hydrogen) atoms. The van der Waals surface area contributed by atoms with Crippen LogP contribution in [0.15, 0.2) is 12.7 Å². The Morgan fingerprint density at radius 2 is 2.30 bits per heavy atom. The Morgan fingerprint density at radius 3 is 2.60 bits per heavy atom. The van der Waals surface area contributed by atoms with Crippen LogP contribution in [-0.4, -0.2) is 17.3 Å².